The van der Waals surface area contributed by atoms with Crippen molar-refractivity contribution in [3.63, 3.8) is 0 Å². The van der Waals surface area contributed by atoms with Crippen LogP contribution in [0.2, 0.25) is 10.0 Å². The number of benzene rings is 8. The minimum Gasteiger partial charge on any atom is -0.258 e. The van der Waals surface area contributed by atoms with Crippen LogP contribution in [-0.2, 0) is 0 Å². The van der Waals surface area contributed by atoms with Crippen molar-refractivity contribution in [2.75, 3.05) is 0 Å². The van der Waals surface area contributed by atoms with Gasteiger partial charge < -0.3 is 0 Å². The lowest BCUT2D eigenvalue weighted by molar-refractivity contribution is -0.388. The molecule has 0 N–H and O–H groups in total. The molecular formula is C59H40Cl2F25N3O6. The van der Waals surface area contributed by atoms with Crippen molar-refractivity contribution < 1.29 is 125 Å². The van der Waals surface area contributed by atoms with Crippen LogP contribution >= 0.6 is 23.2 Å². The summed E-state index contributed by atoms with van der Waals surface area (Å²) in [5.41, 5.74) is -5.02. The molecule has 0 spiro atoms. The molecule has 516 valence electrons. The standard InChI is InChI=1S/C8H6F4.C8H6F3NO2.C8H10.C7H4Cl2FNO2.C7H3F5.C7H3F4NO2.2C7H4F4/c1-3-5(9)7(11)4(2)8(12)6(3)10;1-3-5(9)4(2)8(12(13)14)7(11)6(3)10;1-7-5-3-4-6-8(7)2;1-3-2-4(10)6(9)7(5(3)8)11(12)13;1-2-3(8)5(10)7(12)6(11)4(2)9;1-2-3(8)4(9)5(10)6(11)7(2)12(13)14;1-3-6(10)4(8)2-5(9)7(3)11;1-3-2-4(8)6(10)7(11)5(3)9/h1-2H3;1-2H3;3-6H,1-2H3;2H,1H3;1H3;1H3;2*2H,1H3. The first-order valence-corrected chi connectivity index (χ1v) is 25.7. The van der Waals surface area contributed by atoms with E-state index in [0.29, 0.717) is 6.07 Å². The molecule has 8 rings (SSSR count). The first-order valence-electron chi connectivity index (χ1n) is 24.9. The smallest absolute Gasteiger partial charge is 0.258 e. The molecule has 0 aliphatic heterocycles. The third kappa shape index (κ3) is 20.2. The maximum atomic E-state index is 13.1. The first-order chi connectivity index (χ1) is 43.5. The van der Waals surface area contributed by atoms with Crippen LogP contribution in [0, 0.1) is 252 Å². The molecule has 8 aromatic carbocycles. The van der Waals surface area contributed by atoms with E-state index in [2.05, 4.69) is 38.1 Å². The van der Waals surface area contributed by atoms with Gasteiger partial charge in [-0.15, -0.1) is 0 Å². The minimum absolute atomic E-state index is 0.128. The van der Waals surface area contributed by atoms with Crippen LogP contribution in [0.3, 0.4) is 0 Å². The van der Waals surface area contributed by atoms with Crippen LogP contribution in [0.25, 0.3) is 0 Å². The molecule has 9 nitrogen and oxygen atoms in total. The summed E-state index contributed by atoms with van der Waals surface area (Å²) in [7, 11) is 0. The summed E-state index contributed by atoms with van der Waals surface area (Å²) in [5, 5.41) is 30.2. The number of rotatable bonds is 3. The van der Waals surface area contributed by atoms with Crippen LogP contribution < -0.4 is 0 Å². The van der Waals surface area contributed by atoms with Crippen LogP contribution in [0.1, 0.15) is 61.2 Å². The Morgan fingerprint density at radius 3 is 0.832 bits per heavy atom. The molecular weight excluding hydrogens is 1390 g/mol. The maximum Gasteiger partial charge on any atom is 0.313 e. The van der Waals surface area contributed by atoms with E-state index in [4.69, 9.17) is 23.2 Å². The van der Waals surface area contributed by atoms with Gasteiger partial charge in [0.15, 0.2) is 116 Å². The van der Waals surface area contributed by atoms with Gasteiger partial charge in [0.1, 0.15) is 16.7 Å². The normalized spacial score (nSPS) is 10.3. The largest absolute Gasteiger partial charge is 0.313 e. The zero-order valence-corrected chi connectivity index (χ0v) is 51.0. The highest BCUT2D eigenvalue weighted by molar-refractivity contribution is 6.38. The molecule has 0 aliphatic rings. The molecule has 0 unspecified atom stereocenters. The summed E-state index contributed by atoms with van der Waals surface area (Å²) in [6.45, 7) is 13.5. The molecule has 95 heavy (non-hydrogen) atoms. The van der Waals surface area contributed by atoms with Crippen LogP contribution in [0.15, 0.2) is 42.5 Å². The highest BCUT2D eigenvalue weighted by Crippen LogP contribution is 2.37. The number of nitro groups is 3. The number of halogens is 27. The molecule has 0 atom stereocenters. The Bertz CT molecular complexity index is 3680. The molecule has 0 saturated heterocycles. The summed E-state index contributed by atoms with van der Waals surface area (Å²) in [4.78, 5) is 27.6. The summed E-state index contributed by atoms with van der Waals surface area (Å²) in [6.07, 6.45) is 0. The topological polar surface area (TPSA) is 129 Å². The predicted octanol–water partition coefficient (Wildman–Crippen LogP) is 21.4. The molecule has 0 fully saturated rings. The average Bonchev–Trinajstić information content (AvgIpc) is 0.816. The van der Waals surface area contributed by atoms with Gasteiger partial charge in [-0.1, -0.05) is 47.5 Å². The van der Waals surface area contributed by atoms with Crippen molar-refractivity contribution in [2.24, 2.45) is 0 Å². The van der Waals surface area contributed by atoms with E-state index >= 15 is 0 Å². The summed E-state index contributed by atoms with van der Waals surface area (Å²) in [6, 6.07) is 10.2. The molecule has 0 aromatic heterocycles. The average molecular weight is 1430 g/mol. The van der Waals surface area contributed by atoms with E-state index in [9.17, 15) is 140 Å². The number of nitrogens with zero attached hydrogens (tertiary/aromatic N) is 3. The third-order valence-electron chi connectivity index (χ3n) is 12.2. The Balaban J connectivity index is 0.000000545. The van der Waals surface area contributed by atoms with Crippen molar-refractivity contribution in [3.8, 4) is 0 Å². The summed E-state index contributed by atoms with van der Waals surface area (Å²) >= 11 is 10.9. The van der Waals surface area contributed by atoms with Crippen molar-refractivity contribution in [2.45, 2.75) is 76.2 Å². The second-order valence-electron chi connectivity index (χ2n) is 18.7. The van der Waals surface area contributed by atoms with Crippen molar-refractivity contribution in [3.05, 3.63) is 289 Å². The van der Waals surface area contributed by atoms with E-state index in [1.54, 1.807) is 0 Å². The van der Waals surface area contributed by atoms with Crippen molar-refractivity contribution >= 4 is 40.3 Å². The molecule has 0 amide bonds. The predicted molar refractivity (Wildman–Crippen MR) is 293 cm³/mol. The third-order valence-corrected chi connectivity index (χ3v) is 13.1. The molecule has 0 bridgehead atoms. The fraction of sp³-hybridized carbons (Fsp3) is 0.186. The fourth-order valence-electron chi connectivity index (χ4n) is 6.56. The van der Waals surface area contributed by atoms with Gasteiger partial charge >= 0.3 is 17.1 Å². The SMILES string of the molecule is Cc1c(F)c(C)c([N+](=O)[O-])c(F)c1F.Cc1c(F)c(F)c(C)c(F)c1F.Cc1c(F)c(F)c(F)c(F)c1F.Cc1c(F)c(F)c(F)c(F)c1[N+](=O)[O-].Cc1c(F)c(F)cc(F)c1F.Cc1cc(F)c(Cl)c([N+](=O)[O-])c1Cl.Cc1cc(F)c(F)c(F)c1F.Cc1ccccc1C. The van der Waals surface area contributed by atoms with Gasteiger partial charge in [0.2, 0.25) is 23.3 Å². The monoisotopic (exact) mass is 1430 g/mol. The number of hydrogen-bond acceptors (Lipinski definition) is 6. The van der Waals surface area contributed by atoms with Gasteiger partial charge in [0.05, 0.1) is 25.9 Å². The van der Waals surface area contributed by atoms with Gasteiger partial charge in [0, 0.05) is 33.9 Å². The van der Waals surface area contributed by atoms with Crippen LogP contribution in [-0.4, -0.2) is 14.8 Å². The zero-order chi connectivity index (χ0) is 74.4. The molecule has 0 radical (unpaired) electrons. The van der Waals surface area contributed by atoms with Crippen molar-refractivity contribution in [1.82, 2.24) is 0 Å². The number of nitro benzene ring substituents is 3. The van der Waals surface area contributed by atoms with Gasteiger partial charge in [-0.2, -0.15) is 8.78 Å². The van der Waals surface area contributed by atoms with Crippen LogP contribution in [0.5, 0.6) is 0 Å². The first kappa shape index (κ1) is 83.8. The maximum absolute atomic E-state index is 13.1. The minimum atomic E-state index is -2.18. The molecule has 8 aromatic rings. The van der Waals surface area contributed by atoms with Gasteiger partial charge in [-0.3, -0.25) is 30.3 Å². The van der Waals surface area contributed by atoms with E-state index in [1.807, 2.05) is 0 Å². The Morgan fingerprint density at radius 2 is 0.484 bits per heavy atom. The lowest BCUT2D eigenvalue weighted by Gasteiger charge is -2.04. The molecule has 36 heteroatoms. The van der Waals surface area contributed by atoms with E-state index in [0.717, 1.165) is 61.5 Å². The molecule has 0 heterocycles. The second-order valence-corrected chi connectivity index (χ2v) is 19.4. The lowest BCUT2D eigenvalue weighted by atomic mass is 10.1. The van der Waals surface area contributed by atoms with E-state index < -0.39 is 221 Å². The Hall–Kier alpha value is -9.21. The molecule has 0 aliphatic carbocycles. The quantitative estimate of drug-likeness (QED) is 0.0569. The van der Waals surface area contributed by atoms with E-state index in [-0.39, 0.29) is 22.2 Å². The highest BCUT2D eigenvalue weighted by Gasteiger charge is 2.31. The Labute approximate surface area is 529 Å². The fourth-order valence-corrected chi connectivity index (χ4v) is 7.05. The second kappa shape index (κ2) is 35.3. The summed E-state index contributed by atoms with van der Waals surface area (Å²) < 4.78 is 313. The van der Waals surface area contributed by atoms with Gasteiger partial charge in [-0.25, -0.2) is 101 Å². The molecule has 0 saturated carbocycles. The Kier molecular flexibility index (Phi) is 31.2. The summed E-state index contributed by atoms with van der Waals surface area (Å²) in [5.74, 6) is -39.6. The lowest BCUT2D eigenvalue weighted by Crippen LogP contribution is -2.05. The van der Waals surface area contributed by atoms with Gasteiger partial charge in [0.25, 0.3) is 0 Å². The number of aryl methyl sites for hydroxylation is 4. The Morgan fingerprint density at radius 1 is 0.242 bits per heavy atom. The van der Waals surface area contributed by atoms with Crippen LogP contribution in [0.4, 0.5) is 127 Å². The van der Waals surface area contributed by atoms with E-state index in [1.165, 1.54) is 18.1 Å². The highest BCUT2D eigenvalue weighted by atomic mass is 35.5. The van der Waals surface area contributed by atoms with Crippen molar-refractivity contribution in [1.29, 1.82) is 0 Å². The van der Waals surface area contributed by atoms with Gasteiger partial charge in [-0.05, 0) is 111 Å². The zero-order valence-electron chi connectivity index (χ0n) is 49.5. The number of hydrogen-bond donors (Lipinski definition) is 0.